The van der Waals surface area contributed by atoms with E-state index in [1.807, 2.05) is 13.0 Å². The van der Waals surface area contributed by atoms with Gasteiger partial charge in [-0.15, -0.1) is 0 Å². The van der Waals surface area contributed by atoms with E-state index in [-0.39, 0.29) is 5.82 Å². The molecule has 1 fully saturated rings. The van der Waals surface area contributed by atoms with E-state index in [1.165, 1.54) is 11.6 Å². The highest BCUT2D eigenvalue weighted by Gasteiger charge is 2.21. The van der Waals surface area contributed by atoms with Crippen LogP contribution in [0.15, 0.2) is 18.2 Å². The first kappa shape index (κ1) is 11.0. The summed E-state index contributed by atoms with van der Waals surface area (Å²) in [5, 5.41) is 3.91. The smallest absolute Gasteiger partial charge is 0.123 e. The van der Waals surface area contributed by atoms with Gasteiger partial charge in [-0.2, -0.15) is 12.6 Å². The van der Waals surface area contributed by atoms with Gasteiger partial charge in [0.2, 0.25) is 0 Å². The zero-order valence-electron chi connectivity index (χ0n) is 8.83. The molecule has 1 N–H and O–H groups in total. The molecule has 82 valence electrons. The molecule has 3 heteroatoms. The minimum Gasteiger partial charge on any atom is -0.310 e. The molecule has 1 aliphatic rings. The first-order chi connectivity index (χ1) is 7.16. The third-order valence-electron chi connectivity index (χ3n) is 2.98. The molecule has 15 heavy (non-hydrogen) atoms. The lowest BCUT2D eigenvalue weighted by molar-refractivity contribution is 0.421. The number of nitrogens with one attached hydrogen (secondary N) is 1. The number of rotatable bonds is 1. The second-order valence-corrected chi connectivity index (χ2v) is 4.92. The molecular formula is C12H16FNS. The van der Waals surface area contributed by atoms with Gasteiger partial charge < -0.3 is 5.32 Å². The Morgan fingerprint density at radius 1 is 1.47 bits per heavy atom. The molecule has 0 bridgehead atoms. The molecule has 1 aromatic rings. The Kier molecular flexibility index (Phi) is 3.32. The highest BCUT2D eigenvalue weighted by Crippen LogP contribution is 2.28. The summed E-state index contributed by atoms with van der Waals surface area (Å²) < 4.78 is 13.0. The third kappa shape index (κ3) is 2.52. The van der Waals surface area contributed by atoms with Crippen LogP contribution in [0.4, 0.5) is 4.39 Å². The predicted octanol–water partition coefficient (Wildman–Crippen LogP) is 2.86. The molecule has 2 rings (SSSR count). The summed E-state index contributed by atoms with van der Waals surface area (Å²) in [4.78, 5) is 0. The Hall–Kier alpha value is -0.540. The van der Waals surface area contributed by atoms with Crippen molar-refractivity contribution >= 4 is 12.6 Å². The molecule has 0 radical (unpaired) electrons. The number of aryl methyl sites for hydroxylation is 1. The van der Waals surface area contributed by atoms with Crippen molar-refractivity contribution in [2.45, 2.75) is 31.1 Å². The van der Waals surface area contributed by atoms with Gasteiger partial charge in [-0.3, -0.25) is 0 Å². The van der Waals surface area contributed by atoms with Crippen LogP contribution in [0.2, 0.25) is 0 Å². The minimum atomic E-state index is -0.158. The first-order valence-corrected chi connectivity index (χ1v) is 5.86. The molecule has 0 aromatic heterocycles. The largest absolute Gasteiger partial charge is 0.310 e. The van der Waals surface area contributed by atoms with Crippen molar-refractivity contribution in [1.29, 1.82) is 0 Å². The van der Waals surface area contributed by atoms with Gasteiger partial charge in [0.25, 0.3) is 0 Å². The number of hydrogen-bond donors (Lipinski definition) is 2. The molecule has 1 aliphatic heterocycles. The Morgan fingerprint density at radius 3 is 2.93 bits per heavy atom. The number of hydrogen-bond acceptors (Lipinski definition) is 2. The van der Waals surface area contributed by atoms with Crippen molar-refractivity contribution in [3.05, 3.63) is 35.1 Å². The summed E-state index contributed by atoms with van der Waals surface area (Å²) in [6.45, 7) is 2.96. The van der Waals surface area contributed by atoms with Crippen LogP contribution in [0, 0.1) is 12.7 Å². The second-order valence-electron chi connectivity index (χ2n) is 4.19. The molecule has 0 unspecified atom stereocenters. The van der Waals surface area contributed by atoms with Crippen LogP contribution in [-0.4, -0.2) is 11.8 Å². The molecule has 1 heterocycles. The van der Waals surface area contributed by atoms with Crippen molar-refractivity contribution in [2.24, 2.45) is 0 Å². The Bertz CT molecular complexity index is 353. The van der Waals surface area contributed by atoms with Gasteiger partial charge in [0.05, 0.1) is 0 Å². The van der Waals surface area contributed by atoms with Gasteiger partial charge in [0, 0.05) is 11.3 Å². The first-order valence-electron chi connectivity index (χ1n) is 5.34. The van der Waals surface area contributed by atoms with Crippen LogP contribution in [0.25, 0.3) is 0 Å². The maximum atomic E-state index is 13.0. The zero-order valence-corrected chi connectivity index (χ0v) is 9.73. The van der Waals surface area contributed by atoms with Crippen LogP contribution in [0.1, 0.15) is 30.0 Å². The van der Waals surface area contributed by atoms with Crippen LogP contribution in [0.3, 0.4) is 0 Å². The average molecular weight is 225 g/mol. The van der Waals surface area contributed by atoms with E-state index < -0.39 is 0 Å². The molecule has 1 aromatic carbocycles. The lowest BCUT2D eigenvalue weighted by atomic mass is 9.94. The van der Waals surface area contributed by atoms with E-state index in [0.717, 1.165) is 24.9 Å². The van der Waals surface area contributed by atoms with Crippen molar-refractivity contribution in [3.8, 4) is 0 Å². The monoisotopic (exact) mass is 225 g/mol. The molecule has 1 nitrogen and oxygen atoms in total. The molecular weight excluding hydrogens is 209 g/mol. The molecule has 0 saturated carbocycles. The Morgan fingerprint density at radius 2 is 2.27 bits per heavy atom. The summed E-state index contributed by atoms with van der Waals surface area (Å²) in [5.74, 6) is -0.158. The van der Waals surface area contributed by atoms with E-state index >= 15 is 0 Å². The summed E-state index contributed by atoms with van der Waals surface area (Å²) in [6, 6.07) is 5.35. The normalized spacial score (nSPS) is 26.6. The van der Waals surface area contributed by atoms with Crippen molar-refractivity contribution < 1.29 is 4.39 Å². The van der Waals surface area contributed by atoms with Gasteiger partial charge in [-0.1, -0.05) is 6.07 Å². The quantitative estimate of drug-likeness (QED) is 0.700. The van der Waals surface area contributed by atoms with Gasteiger partial charge in [0.15, 0.2) is 0 Å². The topological polar surface area (TPSA) is 12.0 Å². The minimum absolute atomic E-state index is 0.158. The van der Waals surface area contributed by atoms with Crippen molar-refractivity contribution in [1.82, 2.24) is 5.32 Å². The number of thiol groups is 1. The summed E-state index contributed by atoms with van der Waals surface area (Å²) in [7, 11) is 0. The van der Waals surface area contributed by atoms with Crippen molar-refractivity contribution in [2.75, 3.05) is 6.54 Å². The number of piperidine rings is 1. The molecule has 1 saturated heterocycles. The summed E-state index contributed by atoms with van der Waals surface area (Å²) in [5.41, 5.74) is 2.23. The van der Waals surface area contributed by atoms with Gasteiger partial charge in [-0.05, 0) is 49.6 Å². The van der Waals surface area contributed by atoms with Crippen LogP contribution in [-0.2, 0) is 0 Å². The van der Waals surface area contributed by atoms with Gasteiger partial charge in [0.1, 0.15) is 5.82 Å². The maximum Gasteiger partial charge on any atom is 0.123 e. The highest BCUT2D eigenvalue weighted by atomic mass is 32.1. The number of halogens is 1. The van der Waals surface area contributed by atoms with E-state index in [0.29, 0.717) is 11.3 Å². The lowest BCUT2D eigenvalue weighted by Crippen LogP contribution is -2.32. The fourth-order valence-corrected chi connectivity index (χ4v) is 2.50. The molecule has 0 spiro atoms. The maximum absolute atomic E-state index is 13.0. The van der Waals surface area contributed by atoms with E-state index in [1.54, 1.807) is 6.07 Å². The second kappa shape index (κ2) is 4.54. The summed E-state index contributed by atoms with van der Waals surface area (Å²) >= 11 is 4.51. The van der Waals surface area contributed by atoms with Crippen molar-refractivity contribution in [3.63, 3.8) is 0 Å². The van der Waals surface area contributed by atoms with E-state index in [2.05, 4.69) is 17.9 Å². The zero-order chi connectivity index (χ0) is 10.8. The van der Waals surface area contributed by atoms with Crippen LogP contribution < -0.4 is 5.32 Å². The Labute approximate surface area is 95.5 Å². The molecule has 2 atom stereocenters. The standard InChI is InChI=1S/C12H16FNS/c1-8-6-9(13)2-3-11(8)12-7-10(15)4-5-14-12/h2-3,6,10,12,14-15H,4-5,7H2,1H3/t10-,12+/m0/s1. The van der Waals surface area contributed by atoms with Crippen LogP contribution >= 0.6 is 12.6 Å². The van der Waals surface area contributed by atoms with Crippen LogP contribution in [0.5, 0.6) is 0 Å². The Balaban J connectivity index is 2.21. The number of benzene rings is 1. The lowest BCUT2D eigenvalue weighted by Gasteiger charge is -2.29. The fourth-order valence-electron chi connectivity index (χ4n) is 2.16. The highest BCUT2D eigenvalue weighted by molar-refractivity contribution is 7.80. The predicted molar refractivity (Wildman–Crippen MR) is 63.9 cm³/mol. The fraction of sp³-hybridized carbons (Fsp3) is 0.500. The average Bonchev–Trinajstić information content (AvgIpc) is 2.17. The van der Waals surface area contributed by atoms with Gasteiger partial charge in [-0.25, -0.2) is 4.39 Å². The molecule has 0 aliphatic carbocycles. The molecule has 0 amide bonds. The summed E-state index contributed by atoms with van der Waals surface area (Å²) in [6.07, 6.45) is 2.13. The SMILES string of the molecule is Cc1cc(F)ccc1[C@H]1C[C@@H](S)CCN1. The van der Waals surface area contributed by atoms with E-state index in [9.17, 15) is 4.39 Å². The van der Waals surface area contributed by atoms with E-state index in [4.69, 9.17) is 0 Å². The van der Waals surface area contributed by atoms with Gasteiger partial charge >= 0.3 is 0 Å². The third-order valence-corrected chi connectivity index (χ3v) is 3.45.